The molecule has 1 saturated heterocycles. The minimum Gasteiger partial charge on any atom is -0.332 e. The minimum atomic E-state index is -0.311. The lowest BCUT2D eigenvalue weighted by atomic mass is 9.95. The summed E-state index contributed by atoms with van der Waals surface area (Å²) in [5, 5.41) is 15.9. The Labute approximate surface area is 208 Å². The monoisotopic (exact) mass is 480 g/mol. The third-order valence-corrected chi connectivity index (χ3v) is 6.51. The number of rotatable bonds is 5. The molecule has 180 valence electrons. The summed E-state index contributed by atoms with van der Waals surface area (Å²) in [6.07, 6.45) is 5.09. The van der Waals surface area contributed by atoms with Gasteiger partial charge in [0.15, 0.2) is 0 Å². The number of aromatic nitrogens is 3. The molecule has 2 amide bonds. The van der Waals surface area contributed by atoms with Gasteiger partial charge in [-0.05, 0) is 61.7 Å². The molecule has 36 heavy (non-hydrogen) atoms. The number of H-pyrrole nitrogens is 2. The van der Waals surface area contributed by atoms with Gasteiger partial charge in [-0.25, -0.2) is 4.98 Å². The summed E-state index contributed by atoms with van der Waals surface area (Å²) in [4.78, 5) is 38.8. The van der Waals surface area contributed by atoms with Gasteiger partial charge in [0.2, 0.25) is 23.7 Å². The zero-order valence-corrected chi connectivity index (χ0v) is 19.8. The number of nitrogens with one attached hydrogen (secondary N) is 4. The van der Waals surface area contributed by atoms with Crippen molar-refractivity contribution in [1.82, 2.24) is 9.97 Å². The number of benzene rings is 2. The minimum absolute atomic E-state index is 0.0457. The van der Waals surface area contributed by atoms with E-state index in [1.54, 1.807) is 54.9 Å². The van der Waals surface area contributed by atoms with Crippen molar-refractivity contribution in [2.75, 3.05) is 28.6 Å². The third-order valence-electron chi connectivity index (χ3n) is 6.51. The van der Waals surface area contributed by atoms with Crippen LogP contribution in [0.4, 0.5) is 17.2 Å². The van der Waals surface area contributed by atoms with Crippen molar-refractivity contribution in [2.45, 2.75) is 19.8 Å². The van der Waals surface area contributed by atoms with Gasteiger partial charge in [-0.15, -0.1) is 0 Å². The molecule has 9 heteroatoms. The first kappa shape index (κ1) is 23.1. The number of hydrogen-bond donors (Lipinski definition) is 3. The molecule has 2 aromatic heterocycles. The highest BCUT2D eigenvalue weighted by Gasteiger charge is 2.30. The second-order valence-electron chi connectivity index (χ2n) is 8.92. The van der Waals surface area contributed by atoms with Gasteiger partial charge >= 0.3 is 0 Å². The molecular weight excluding hydrogens is 454 g/mol. The Hall–Kier alpha value is -4.71. The number of piperidine rings is 1. The number of fused-ring (bicyclic) bond motifs is 1. The van der Waals surface area contributed by atoms with Crippen LogP contribution in [0.5, 0.6) is 0 Å². The zero-order chi connectivity index (χ0) is 25.1. The number of aryl methyl sites for hydroxylation is 1. The van der Waals surface area contributed by atoms with Crippen molar-refractivity contribution in [3.63, 3.8) is 0 Å². The van der Waals surface area contributed by atoms with E-state index in [0.717, 1.165) is 48.3 Å². The van der Waals surface area contributed by atoms with Crippen molar-refractivity contribution < 1.29 is 14.6 Å². The smallest absolute Gasteiger partial charge is 0.255 e. The van der Waals surface area contributed by atoms with Crippen LogP contribution < -0.4 is 20.5 Å². The Bertz CT molecular complexity index is 1480. The lowest BCUT2D eigenvalue weighted by Crippen LogP contribution is -2.40. The molecule has 4 N–H and O–H groups in total. The van der Waals surface area contributed by atoms with Crippen molar-refractivity contribution in [1.29, 1.82) is 5.26 Å². The molecule has 2 aromatic carbocycles. The van der Waals surface area contributed by atoms with Crippen LogP contribution in [0.3, 0.4) is 0 Å². The van der Waals surface area contributed by atoms with Gasteiger partial charge in [0.05, 0.1) is 24.7 Å². The summed E-state index contributed by atoms with van der Waals surface area (Å²) in [5.74, 6) is 0.554. The van der Waals surface area contributed by atoms with Crippen LogP contribution in [0, 0.1) is 24.2 Å². The predicted molar refractivity (Wildman–Crippen MR) is 137 cm³/mol. The maximum atomic E-state index is 13.0. The maximum absolute atomic E-state index is 13.0. The molecule has 5 rings (SSSR count). The fourth-order valence-electron chi connectivity index (χ4n) is 4.61. The number of carbonyl (C=O) groups is 2. The summed E-state index contributed by atoms with van der Waals surface area (Å²) < 4.78 is 0. The van der Waals surface area contributed by atoms with Crippen LogP contribution >= 0.6 is 0 Å². The Morgan fingerprint density at radius 2 is 1.86 bits per heavy atom. The summed E-state index contributed by atoms with van der Waals surface area (Å²) in [6.45, 7) is 3.56. The van der Waals surface area contributed by atoms with Crippen LogP contribution in [0.25, 0.3) is 11.0 Å². The van der Waals surface area contributed by atoms with Gasteiger partial charge in [-0.2, -0.15) is 5.26 Å². The van der Waals surface area contributed by atoms with E-state index in [2.05, 4.69) is 43.5 Å². The summed E-state index contributed by atoms with van der Waals surface area (Å²) in [7, 11) is 0. The van der Waals surface area contributed by atoms with Gasteiger partial charge in [-0.1, -0.05) is 17.1 Å². The van der Waals surface area contributed by atoms with Crippen LogP contribution in [0.15, 0.2) is 61.1 Å². The first-order valence-corrected chi connectivity index (χ1v) is 11.8. The number of aromatic amines is 2. The Kier molecular flexibility index (Phi) is 6.33. The van der Waals surface area contributed by atoms with E-state index in [1.807, 2.05) is 6.20 Å². The highest BCUT2D eigenvalue weighted by molar-refractivity contribution is 6.05. The first-order chi connectivity index (χ1) is 17.5. The zero-order valence-electron chi connectivity index (χ0n) is 19.8. The normalized spacial score (nSPS) is 13.8. The van der Waals surface area contributed by atoms with Gasteiger partial charge in [-0.3, -0.25) is 14.5 Å². The second-order valence-corrected chi connectivity index (χ2v) is 8.92. The van der Waals surface area contributed by atoms with E-state index in [4.69, 9.17) is 5.26 Å². The Balaban J connectivity index is 1.21. The SMILES string of the molecule is Cc1c[nH]c2nc[nH+]c(N3CCC(C(=O)Nc4cccc(C(=O)Nc5cccc(C#N)c5)c4)CC3)c12. The number of anilines is 3. The molecule has 0 atom stereocenters. The van der Waals surface area contributed by atoms with E-state index >= 15 is 0 Å². The van der Waals surface area contributed by atoms with Crippen LogP contribution in [-0.2, 0) is 4.79 Å². The van der Waals surface area contributed by atoms with Crippen LogP contribution in [0.1, 0.15) is 34.3 Å². The molecule has 1 aliphatic rings. The van der Waals surface area contributed by atoms with Crippen molar-refractivity contribution in [3.8, 4) is 6.07 Å². The molecule has 0 aliphatic carbocycles. The highest BCUT2D eigenvalue weighted by atomic mass is 16.2. The molecule has 0 unspecified atom stereocenters. The Morgan fingerprint density at radius 1 is 1.11 bits per heavy atom. The molecule has 0 spiro atoms. The average molecular weight is 481 g/mol. The first-order valence-electron chi connectivity index (χ1n) is 11.8. The molecule has 9 nitrogen and oxygen atoms in total. The average Bonchev–Trinajstić information content (AvgIpc) is 3.30. The van der Waals surface area contributed by atoms with Crippen molar-refractivity contribution in [2.24, 2.45) is 5.92 Å². The number of nitrogens with zero attached hydrogens (tertiary/aromatic N) is 3. The van der Waals surface area contributed by atoms with Crippen molar-refractivity contribution >= 4 is 40.0 Å². The maximum Gasteiger partial charge on any atom is 0.255 e. The highest BCUT2D eigenvalue weighted by Crippen LogP contribution is 2.28. The lowest BCUT2D eigenvalue weighted by Gasteiger charge is -2.28. The predicted octanol–water partition coefficient (Wildman–Crippen LogP) is 3.66. The van der Waals surface area contributed by atoms with Gasteiger partial charge < -0.3 is 15.6 Å². The van der Waals surface area contributed by atoms with E-state index in [0.29, 0.717) is 22.5 Å². The fraction of sp³-hybridized carbons (Fsp3) is 0.222. The van der Waals surface area contributed by atoms with Crippen molar-refractivity contribution in [3.05, 3.63) is 77.7 Å². The molecule has 1 fully saturated rings. The largest absolute Gasteiger partial charge is 0.332 e. The molecular formula is C27H26N7O2+. The summed E-state index contributed by atoms with van der Waals surface area (Å²) in [6, 6.07) is 15.6. The fourth-order valence-corrected chi connectivity index (χ4v) is 4.61. The molecule has 0 bridgehead atoms. The number of carbonyl (C=O) groups excluding carboxylic acids is 2. The second kappa shape index (κ2) is 9.88. The van der Waals surface area contributed by atoms with E-state index in [-0.39, 0.29) is 17.7 Å². The molecule has 3 heterocycles. The van der Waals surface area contributed by atoms with Gasteiger partial charge in [0.25, 0.3) is 5.91 Å². The molecule has 4 aromatic rings. The standard InChI is InChI=1S/C27H25N7O2/c1-17-15-29-24-23(17)25(31-16-30-24)34-10-8-19(9-11-34)26(35)33-22-7-3-5-20(13-22)27(36)32-21-6-2-4-18(12-21)14-28/h2-7,12-13,15-16,19H,8-11H2,1H3,(H,32,36)(H,33,35)(H,29,30,31)/p+1. The lowest BCUT2D eigenvalue weighted by molar-refractivity contribution is -0.367. The molecule has 1 aliphatic heterocycles. The number of nitriles is 1. The number of hydrogen-bond acceptors (Lipinski definition) is 5. The third kappa shape index (κ3) is 4.74. The van der Waals surface area contributed by atoms with E-state index in [1.165, 1.54) is 0 Å². The Morgan fingerprint density at radius 3 is 2.64 bits per heavy atom. The molecule has 0 saturated carbocycles. The topological polar surface area (TPSA) is 128 Å². The summed E-state index contributed by atoms with van der Waals surface area (Å²) >= 11 is 0. The number of amides is 2. The van der Waals surface area contributed by atoms with Gasteiger partial charge in [0, 0.05) is 29.1 Å². The summed E-state index contributed by atoms with van der Waals surface area (Å²) in [5.41, 5.74) is 3.99. The van der Waals surface area contributed by atoms with E-state index < -0.39 is 0 Å². The quantitative estimate of drug-likeness (QED) is 0.402. The molecule has 0 radical (unpaired) electrons. The van der Waals surface area contributed by atoms with E-state index in [9.17, 15) is 9.59 Å². The van der Waals surface area contributed by atoms with Crippen LogP contribution in [0.2, 0.25) is 0 Å². The van der Waals surface area contributed by atoms with Crippen LogP contribution in [-0.4, -0.2) is 34.9 Å². The van der Waals surface area contributed by atoms with Gasteiger partial charge in [0.1, 0.15) is 5.39 Å².